The zero-order valence-corrected chi connectivity index (χ0v) is 8.63. The van der Waals surface area contributed by atoms with Crippen molar-refractivity contribution in [3.05, 3.63) is 39.1 Å². The predicted molar refractivity (Wildman–Crippen MR) is 56.2 cm³/mol. The molecule has 0 aliphatic carbocycles. The summed E-state index contributed by atoms with van der Waals surface area (Å²) in [5.41, 5.74) is 0.589. The van der Waals surface area contributed by atoms with Gasteiger partial charge in [-0.3, -0.25) is 15.0 Å². The van der Waals surface area contributed by atoms with Crippen LogP contribution in [-0.2, 0) is 0 Å². The van der Waals surface area contributed by atoms with E-state index >= 15 is 0 Å². The smallest absolute Gasteiger partial charge is 0.275 e. The van der Waals surface area contributed by atoms with E-state index in [0.29, 0.717) is 5.56 Å². The number of aromatic nitrogens is 2. The van der Waals surface area contributed by atoms with Crippen LogP contribution < -0.4 is 5.56 Å². The minimum absolute atomic E-state index is 0.145. The minimum Gasteiger partial charge on any atom is -0.493 e. The topological polar surface area (TPSA) is 68.9 Å². The van der Waals surface area contributed by atoms with Crippen LogP contribution in [0.25, 0.3) is 11.1 Å². The van der Waals surface area contributed by atoms with Gasteiger partial charge < -0.3 is 5.11 Å². The molecule has 0 spiro atoms. The fourth-order valence-electron chi connectivity index (χ4n) is 1.26. The van der Waals surface area contributed by atoms with Crippen molar-refractivity contribution in [2.24, 2.45) is 0 Å². The predicted octanol–water partition coefficient (Wildman–Crippen LogP) is 1.84. The molecule has 0 saturated heterocycles. The van der Waals surface area contributed by atoms with E-state index in [9.17, 15) is 9.90 Å². The first-order valence-electron chi connectivity index (χ1n) is 3.94. The second kappa shape index (κ2) is 3.34. The molecular weight excluding hydrogens is 248 g/mol. The summed E-state index contributed by atoms with van der Waals surface area (Å²) >= 11 is 3.29. The van der Waals surface area contributed by atoms with Crippen LogP contribution in [0.15, 0.2) is 33.5 Å². The Balaban J connectivity index is 2.66. The van der Waals surface area contributed by atoms with Crippen molar-refractivity contribution >= 4 is 15.9 Å². The van der Waals surface area contributed by atoms with Gasteiger partial charge in [0.05, 0.1) is 0 Å². The van der Waals surface area contributed by atoms with Gasteiger partial charge in [0.2, 0.25) is 5.88 Å². The monoisotopic (exact) mass is 254 g/mol. The summed E-state index contributed by atoms with van der Waals surface area (Å²) in [7, 11) is 0. The Morgan fingerprint density at radius 2 is 2.07 bits per heavy atom. The summed E-state index contributed by atoms with van der Waals surface area (Å²) in [6.07, 6.45) is 0. The fourth-order valence-corrected chi connectivity index (χ4v) is 1.66. The molecule has 72 valence electrons. The van der Waals surface area contributed by atoms with E-state index < -0.39 is 0 Å². The molecule has 4 nitrogen and oxygen atoms in total. The van der Waals surface area contributed by atoms with Crippen LogP contribution in [0.3, 0.4) is 0 Å². The largest absolute Gasteiger partial charge is 0.493 e. The molecule has 0 aliphatic heterocycles. The van der Waals surface area contributed by atoms with E-state index in [4.69, 9.17) is 0 Å². The Labute approximate surface area is 87.7 Å². The van der Waals surface area contributed by atoms with Crippen molar-refractivity contribution in [1.29, 1.82) is 0 Å². The highest BCUT2D eigenvalue weighted by molar-refractivity contribution is 9.10. The molecule has 1 heterocycles. The number of H-pyrrole nitrogens is 2. The molecular formula is C9H7BrN2O2. The van der Waals surface area contributed by atoms with Crippen LogP contribution in [0, 0.1) is 0 Å². The van der Waals surface area contributed by atoms with E-state index in [1.54, 1.807) is 18.2 Å². The molecule has 0 atom stereocenters. The van der Waals surface area contributed by atoms with Crippen LogP contribution in [0.1, 0.15) is 0 Å². The van der Waals surface area contributed by atoms with Crippen molar-refractivity contribution in [3.63, 3.8) is 0 Å². The summed E-state index contributed by atoms with van der Waals surface area (Å²) in [6.45, 7) is 0. The average Bonchev–Trinajstić information content (AvgIpc) is 2.46. The number of hydrogen-bond acceptors (Lipinski definition) is 2. The maximum absolute atomic E-state index is 11.3. The van der Waals surface area contributed by atoms with Crippen molar-refractivity contribution < 1.29 is 5.11 Å². The molecule has 0 fully saturated rings. The lowest BCUT2D eigenvalue weighted by atomic mass is 10.1. The zero-order chi connectivity index (χ0) is 10.1. The Morgan fingerprint density at radius 1 is 1.29 bits per heavy atom. The van der Waals surface area contributed by atoms with Crippen molar-refractivity contribution in [2.75, 3.05) is 0 Å². The average molecular weight is 255 g/mol. The van der Waals surface area contributed by atoms with Crippen molar-refractivity contribution in [2.45, 2.75) is 0 Å². The third-order valence-electron chi connectivity index (χ3n) is 1.87. The zero-order valence-electron chi connectivity index (χ0n) is 7.04. The van der Waals surface area contributed by atoms with Gasteiger partial charge >= 0.3 is 0 Å². The Hall–Kier alpha value is -1.49. The molecule has 5 heteroatoms. The number of benzene rings is 1. The highest BCUT2D eigenvalue weighted by atomic mass is 79.9. The number of halogens is 1. The van der Waals surface area contributed by atoms with Gasteiger partial charge in [-0.1, -0.05) is 28.1 Å². The van der Waals surface area contributed by atoms with Crippen LogP contribution >= 0.6 is 15.9 Å². The number of hydrogen-bond donors (Lipinski definition) is 3. The Bertz CT molecular complexity index is 516. The van der Waals surface area contributed by atoms with E-state index in [1.807, 2.05) is 6.07 Å². The second-order valence-corrected chi connectivity index (χ2v) is 3.73. The molecule has 0 radical (unpaired) electrons. The molecule has 1 aromatic carbocycles. The summed E-state index contributed by atoms with van der Waals surface area (Å²) < 4.78 is 0.856. The van der Waals surface area contributed by atoms with E-state index in [1.165, 1.54) is 0 Å². The molecule has 1 aromatic heterocycles. The first-order chi connectivity index (χ1) is 6.68. The molecule has 2 rings (SSSR count). The normalized spacial score (nSPS) is 10.4. The molecule has 0 unspecified atom stereocenters. The number of aromatic hydroxyl groups is 1. The van der Waals surface area contributed by atoms with Gasteiger partial charge in [-0.2, -0.15) is 0 Å². The molecule has 0 bridgehead atoms. The molecule has 3 N–H and O–H groups in total. The first kappa shape index (κ1) is 9.08. The molecule has 2 aromatic rings. The van der Waals surface area contributed by atoms with Crippen LogP contribution in [0.2, 0.25) is 0 Å². The summed E-state index contributed by atoms with van der Waals surface area (Å²) in [6, 6.07) is 7.16. The van der Waals surface area contributed by atoms with Crippen LogP contribution in [-0.4, -0.2) is 15.3 Å². The number of rotatable bonds is 1. The standard InChI is InChI=1S/C9H7BrN2O2/c10-6-3-1-2-5(4-6)7-8(13)11-12-9(7)14/h1-4H,(H3,11,12,13,14). The van der Waals surface area contributed by atoms with Crippen LogP contribution in [0.4, 0.5) is 0 Å². The van der Waals surface area contributed by atoms with Gasteiger partial charge in [-0.15, -0.1) is 0 Å². The van der Waals surface area contributed by atoms with Gasteiger partial charge in [0, 0.05) is 4.47 Å². The SMILES string of the molecule is O=c1[nH][nH]c(O)c1-c1cccc(Br)c1. The molecule has 0 amide bonds. The molecule has 0 saturated carbocycles. The third-order valence-corrected chi connectivity index (χ3v) is 2.36. The lowest BCUT2D eigenvalue weighted by Gasteiger charge is -1.97. The lowest BCUT2D eigenvalue weighted by Crippen LogP contribution is -2.01. The minimum atomic E-state index is -0.333. The second-order valence-electron chi connectivity index (χ2n) is 2.81. The third kappa shape index (κ3) is 1.46. The Kier molecular flexibility index (Phi) is 2.17. The van der Waals surface area contributed by atoms with Crippen molar-refractivity contribution in [1.82, 2.24) is 10.2 Å². The van der Waals surface area contributed by atoms with Crippen molar-refractivity contribution in [3.8, 4) is 17.0 Å². The summed E-state index contributed by atoms with van der Waals surface area (Å²) in [4.78, 5) is 11.3. The molecule has 14 heavy (non-hydrogen) atoms. The van der Waals surface area contributed by atoms with Gasteiger partial charge in [0.1, 0.15) is 5.56 Å². The van der Waals surface area contributed by atoms with E-state index in [2.05, 4.69) is 26.1 Å². The summed E-state index contributed by atoms with van der Waals surface area (Å²) in [5.74, 6) is -0.145. The number of nitrogens with one attached hydrogen (secondary N) is 2. The van der Waals surface area contributed by atoms with Crippen LogP contribution in [0.5, 0.6) is 5.88 Å². The van der Waals surface area contributed by atoms with Gasteiger partial charge in [0.25, 0.3) is 5.56 Å². The highest BCUT2D eigenvalue weighted by Crippen LogP contribution is 2.25. The first-order valence-corrected chi connectivity index (χ1v) is 4.73. The van der Waals surface area contributed by atoms with Gasteiger partial charge in [-0.05, 0) is 17.7 Å². The van der Waals surface area contributed by atoms with E-state index in [-0.39, 0.29) is 17.0 Å². The highest BCUT2D eigenvalue weighted by Gasteiger charge is 2.10. The lowest BCUT2D eigenvalue weighted by molar-refractivity contribution is 0.454. The quantitative estimate of drug-likeness (QED) is 0.727. The number of aromatic amines is 2. The summed E-state index contributed by atoms with van der Waals surface area (Å²) in [5, 5.41) is 14.0. The van der Waals surface area contributed by atoms with Gasteiger partial charge in [-0.25, -0.2) is 0 Å². The fraction of sp³-hybridized carbons (Fsp3) is 0. The van der Waals surface area contributed by atoms with E-state index in [0.717, 1.165) is 4.47 Å². The maximum Gasteiger partial charge on any atom is 0.275 e. The van der Waals surface area contributed by atoms with Gasteiger partial charge in [0.15, 0.2) is 0 Å². The Morgan fingerprint density at radius 3 is 2.64 bits per heavy atom. The molecule has 0 aliphatic rings. The maximum atomic E-state index is 11.3.